The Hall–Kier alpha value is -0.730. The predicted molar refractivity (Wildman–Crippen MR) is 57.9 cm³/mol. The summed E-state index contributed by atoms with van der Waals surface area (Å²) in [7, 11) is 0. The minimum absolute atomic E-state index is 0.233. The number of urea groups is 1. The summed E-state index contributed by atoms with van der Waals surface area (Å²) in [5, 5.41) is 2.73. The molecule has 1 aliphatic rings. The van der Waals surface area contributed by atoms with Crippen LogP contribution in [0.15, 0.2) is 0 Å². The molecule has 1 aliphatic carbocycles. The standard InChI is InChI=1S/C11H22N2O/c1-10(2)5-4-6-11(3,7-10)8-13-9(12)14/h4-8H2,1-3H3,(H3,12,13,14). The van der Waals surface area contributed by atoms with Gasteiger partial charge in [-0.3, -0.25) is 0 Å². The molecule has 1 atom stereocenters. The number of hydrogen-bond donors (Lipinski definition) is 2. The van der Waals surface area contributed by atoms with Gasteiger partial charge in [0.25, 0.3) is 0 Å². The highest BCUT2D eigenvalue weighted by Gasteiger charge is 2.36. The van der Waals surface area contributed by atoms with Gasteiger partial charge in [-0.15, -0.1) is 0 Å². The van der Waals surface area contributed by atoms with Gasteiger partial charge in [-0.05, 0) is 30.1 Å². The monoisotopic (exact) mass is 198 g/mol. The molecule has 82 valence electrons. The number of amides is 2. The molecule has 0 heterocycles. The first-order valence-corrected chi connectivity index (χ1v) is 5.36. The first kappa shape index (κ1) is 11.3. The summed E-state index contributed by atoms with van der Waals surface area (Å²) in [5.41, 5.74) is 5.73. The number of rotatable bonds is 2. The van der Waals surface area contributed by atoms with E-state index >= 15 is 0 Å². The molecule has 0 aliphatic heterocycles. The van der Waals surface area contributed by atoms with Gasteiger partial charge in [0, 0.05) is 6.54 Å². The van der Waals surface area contributed by atoms with Gasteiger partial charge in [0.05, 0.1) is 0 Å². The van der Waals surface area contributed by atoms with E-state index in [2.05, 4.69) is 26.1 Å². The molecule has 0 aromatic rings. The number of hydrogen-bond acceptors (Lipinski definition) is 1. The van der Waals surface area contributed by atoms with Crippen molar-refractivity contribution >= 4 is 6.03 Å². The second-order valence-electron chi connectivity index (χ2n) is 5.72. The Bertz CT molecular complexity index is 225. The third-order valence-corrected chi connectivity index (χ3v) is 3.23. The number of carbonyl (C=O) groups is 1. The van der Waals surface area contributed by atoms with E-state index in [1.807, 2.05) is 0 Å². The van der Waals surface area contributed by atoms with E-state index in [0.29, 0.717) is 12.0 Å². The lowest BCUT2D eigenvalue weighted by Crippen LogP contribution is -2.42. The molecule has 2 amide bonds. The molecule has 0 aromatic carbocycles. The van der Waals surface area contributed by atoms with Gasteiger partial charge in [0.15, 0.2) is 0 Å². The van der Waals surface area contributed by atoms with Crippen LogP contribution in [-0.4, -0.2) is 12.6 Å². The van der Waals surface area contributed by atoms with Crippen LogP contribution in [0.2, 0.25) is 0 Å². The van der Waals surface area contributed by atoms with Crippen LogP contribution in [0.25, 0.3) is 0 Å². The molecule has 14 heavy (non-hydrogen) atoms. The van der Waals surface area contributed by atoms with Crippen molar-refractivity contribution < 1.29 is 4.79 Å². The molecule has 3 heteroatoms. The van der Waals surface area contributed by atoms with E-state index in [9.17, 15) is 4.79 Å². The maximum absolute atomic E-state index is 10.7. The second-order valence-corrected chi connectivity index (χ2v) is 5.72. The SMILES string of the molecule is CC1(C)CCCC(C)(CNC(N)=O)C1. The van der Waals surface area contributed by atoms with Crippen LogP contribution in [0, 0.1) is 10.8 Å². The molecular weight excluding hydrogens is 176 g/mol. The highest BCUT2D eigenvalue weighted by molar-refractivity contribution is 5.71. The topological polar surface area (TPSA) is 55.1 Å². The molecule has 3 nitrogen and oxygen atoms in total. The van der Waals surface area contributed by atoms with Crippen LogP contribution in [0.3, 0.4) is 0 Å². The highest BCUT2D eigenvalue weighted by Crippen LogP contribution is 2.45. The van der Waals surface area contributed by atoms with Crippen molar-refractivity contribution in [1.29, 1.82) is 0 Å². The fourth-order valence-corrected chi connectivity index (χ4v) is 2.78. The molecule has 0 bridgehead atoms. The maximum atomic E-state index is 10.7. The summed E-state index contributed by atoms with van der Waals surface area (Å²) < 4.78 is 0. The Morgan fingerprint density at radius 3 is 2.50 bits per heavy atom. The fourth-order valence-electron chi connectivity index (χ4n) is 2.78. The molecule has 1 fully saturated rings. The van der Waals surface area contributed by atoms with Crippen LogP contribution < -0.4 is 11.1 Å². The summed E-state index contributed by atoms with van der Waals surface area (Å²) in [6.45, 7) is 7.55. The molecule has 0 saturated heterocycles. The summed E-state index contributed by atoms with van der Waals surface area (Å²) >= 11 is 0. The number of nitrogens with two attached hydrogens (primary N) is 1. The van der Waals surface area contributed by atoms with Gasteiger partial charge in [-0.2, -0.15) is 0 Å². The minimum atomic E-state index is -0.408. The number of carbonyl (C=O) groups excluding carboxylic acids is 1. The third kappa shape index (κ3) is 3.20. The van der Waals surface area contributed by atoms with Crippen LogP contribution in [0.1, 0.15) is 46.5 Å². The van der Waals surface area contributed by atoms with Gasteiger partial charge in [0.1, 0.15) is 0 Å². The van der Waals surface area contributed by atoms with Gasteiger partial charge < -0.3 is 11.1 Å². The average Bonchev–Trinajstić information content (AvgIpc) is 1.98. The van der Waals surface area contributed by atoms with Crippen molar-refractivity contribution in [2.45, 2.75) is 46.5 Å². The molecule has 1 rings (SSSR count). The zero-order chi connectivity index (χ0) is 10.8. The summed E-state index contributed by atoms with van der Waals surface area (Å²) in [4.78, 5) is 10.7. The molecule has 0 spiro atoms. The fraction of sp³-hybridized carbons (Fsp3) is 0.909. The van der Waals surface area contributed by atoms with E-state index in [1.165, 1.54) is 25.7 Å². The zero-order valence-electron chi connectivity index (χ0n) is 9.52. The van der Waals surface area contributed by atoms with E-state index in [4.69, 9.17) is 5.73 Å². The molecule has 1 saturated carbocycles. The van der Waals surface area contributed by atoms with Gasteiger partial charge in [-0.25, -0.2) is 4.79 Å². The number of nitrogens with one attached hydrogen (secondary N) is 1. The zero-order valence-corrected chi connectivity index (χ0v) is 9.52. The van der Waals surface area contributed by atoms with Gasteiger partial charge in [0.2, 0.25) is 0 Å². The second kappa shape index (κ2) is 3.79. The van der Waals surface area contributed by atoms with E-state index < -0.39 is 6.03 Å². The van der Waals surface area contributed by atoms with Gasteiger partial charge >= 0.3 is 6.03 Å². The molecule has 0 radical (unpaired) electrons. The summed E-state index contributed by atoms with van der Waals surface area (Å²) in [5.74, 6) is 0. The largest absolute Gasteiger partial charge is 0.352 e. The maximum Gasteiger partial charge on any atom is 0.312 e. The molecule has 1 unspecified atom stereocenters. The van der Waals surface area contributed by atoms with E-state index in [-0.39, 0.29) is 5.41 Å². The summed E-state index contributed by atoms with van der Waals surface area (Å²) in [6.07, 6.45) is 4.90. The lowest BCUT2D eigenvalue weighted by Gasteiger charge is -2.42. The first-order valence-electron chi connectivity index (χ1n) is 5.36. The Kier molecular flexibility index (Phi) is 3.07. The van der Waals surface area contributed by atoms with E-state index in [1.54, 1.807) is 0 Å². The van der Waals surface area contributed by atoms with Crippen molar-refractivity contribution in [3.8, 4) is 0 Å². The number of primary amides is 1. The Morgan fingerprint density at radius 2 is 2.00 bits per heavy atom. The van der Waals surface area contributed by atoms with Crippen molar-refractivity contribution in [2.75, 3.05) is 6.54 Å². The van der Waals surface area contributed by atoms with Crippen molar-refractivity contribution in [3.05, 3.63) is 0 Å². The molecule has 3 N–H and O–H groups in total. The minimum Gasteiger partial charge on any atom is -0.352 e. The van der Waals surface area contributed by atoms with Crippen LogP contribution in [-0.2, 0) is 0 Å². The van der Waals surface area contributed by atoms with Crippen molar-refractivity contribution in [1.82, 2.24) is 5.32 Å². The molecule has 0 aromatic heterocycles. The van der Waals surface area contributed by atoms with Crippen LogP contribution in [0.4, 0.5) is 4.79 Å². The quantitative estimate of drug-likeness (QED) is 0.702. The first-order chi connectivity index (χ1) is 6.33. The van der Waals surface area contributed by atoms with E-state index in [0.717, 1.165) is 0 Å². The summed E-state index contributed by atoms with van der Waals surface area (Å²) in [6, 6.07) is -0.408. The Labute approximate surface area is 86.4 Å². The smallest absolute Gasteiger partial charge is 0.312 e. The highest BCUT2D eigenvalue weighted by atomic mass is 16.2. The predicted octanol–water partition coefficient (Wildman–Crippen LogP) is 2.26. The molecular formula is C11H22N2O. The lowest BCUT2D eigenvalue weighted by molar-refractivity contribution is 0.100. The third-order valence-electron chi connectivity index (χ3n) is 3.23. The van der Waals surface area contributed by atoms with Crippen LogP contribution in [0.5, 0.6) is 0 Å². The van der Waals surface area contributed by atoms with Crippen molar-refractivity contribution in [3.63, 3.8) is 0 Å². The van der Waals surface area contributed by atoms with Crippen LogP contribution >= 0.6 is 0 Å². The Morgan fingerprint density at radius 1 is 1.36 bits per heavy atom. The normalized spacial score (nSPS) is 31.1. The van der Waals surface area contributed by atoms with Crippen molar-refractivity contribution in [2.24, 2.45) is 16.6 Å². The van der Waals surface area contributed by atoms with Gasteiger partial charge in [-0.1, -0.05) is 27.2 Å². The average molecular weight is 198 g/mol. The lowest BCUT2D eigenvalue weighted by atomic mass is 9.64. The Balaban J connectivity index is 2.51.